The Morgan fingerprint density at radius 2 is 2.13 bits per heavy atom. The van der Waals surface area contributed by atoms with Gasteiger partial charge < -0.3 is 10.1 Å². The summed E-state index contributed by atoms with van der Waals surface area (Å²) in [4.78, 5) is 16.2. The number of benzene rings is 1. The Morgan fingerprint density at radius 3 is 2.78 bits per heavy atom. The number of nitrogens with zero attached hydrogens (tertiary/aromatic N) is 2. The van der Waals surface area contributed by atoms with Crippen LogP contribution >= 0.6 is 11.3 Å². The number of ether oxygens (including phenoxy) is 1. The number of hydrogen-bond donors (Lipinski definition) is 1. The zero-order valence-electron chi connectivity index (χ0n) is 13.2. The summed E-state index contributed by atoms with van der Waals surface area (Å²) in [5.41, 5.74) is 1.73. The molecule has 0 spiro atoms. The average Bonchev–Trinajstić information content (AvgIpc) is 3.01. The maximum Gasteiger partial charge on any atom is 0.358 e. The summed E-state index contributed by atoms with van der Waals surface area (Å²) in [6.45, 7) is 5.33. The molecule has 0 aliphatic carbocycles. The van der Waals surface area contributed by atoms with E-state index >= 15 is 0 Å². The van der Waals surface area contributed by atoms with Gasteiger partial charge in [-0.05, 0) is 30.0 Å². The van der Waals surface area contributed by atoms with Gasteiger partial charge in [0.2, 0.25) is 0 Å². The number of aromatic nitrogens is 1. The maximum atomic E-state index is 12.0. The summed E-state index contributed by atoms with van der Waals surface area (Å²) < 4.78 is 5.24. The van der Waals surface area contributed by atoms with Crippen LogP contribution in [0.2, 0.25) is 0 Å². The molecule has 6 heteroatoms. The minimum absolute atomic E-state index is 0.165. The van der Waals surface area contributed by atoms with E-state index in [-0.39, 0.29) is 6.61 Å². The number of nitrogens with one attached hydrogen (secondary N) is 1. The number of rotatable bonds is 7. The van der Waals surface area contributed by atoms with Crippen molar-refractivity contribution in [1.82, 2.24) is 4.98 Å². The van der Waals surface area contributed by atoms with Crippen LogP contribution in [0.1, 0.15) is 41.9 Å². The molecule has 0 amide bonds. The topological polar surface area (TPSA) is 75.0 Å². The summed E-state index contributed by atoms with van der Waals surface area (Å²) in [7, 11) is 0. The monoisotopic (exact) mass is 329 g/mol. The van der Waals surface area contributed by atoms with E-state index in [2.05, 4.69) is 24.1 Å². The van der Waals surface area contributed by atoms with Gasteiger partial charge in [-0.1, -0.05) is 26.0 Å². The molecule has 0 aliphatic rings. The van der Waals surface area contributed by atoms with Crippen LogP contribution < -0.4 is 5.32 Å². The van der Waals surface area contributed by atoms with E-state index < -0.39 is 5.97 Å². The molecule has 120 valence electrons. The highest BCUT2D eigenvalue weighted by atomic mass is 32.1. The first kappa shape index (κ1) is 17.0. The highest BCUT2D eigenvalue weighted by Gasteiger charge is 2.12. The van der Waals surface area contributed by atoms with Crippen LogP contribution in [-0.4, -0.2) is 17.5 Å². The molecule has 0 unspecified atom stereocenters. The van der Waals surface area contributed by atoms with Crippen molar-refractivity contribution in [2.75, 3.05) is 11.9 Å². The molecule has 0 aliphatic heterocycles. The Labute approximate surface area is 139 Å². The molecule has 2 rings (SSSR count). The number of carbonyl (C=O) groups is 1. The van der Waals surface area contributed by atoms with E-state index in [9.17, 15) is 4.79 Å². The molecule has 2 aromatic rings. The Kier molecular flexibility index (Phi) is 6.12. The second-order valence-corrected chi connectivity index (χ2v) is 6.39. The molecule has 0 atom stereocenters. The van der Waals surface area contributed by atoms with Gasteiger partial charge in [-0.25, -0.2) is 9.78 Å². The Bertz CT molecular complexity index is 687. The zero-order valence-corrected chi connectivity index (χ0v) is 14.0. The summed E-state index contributed by atoms with van der Waals surface area (Å²) >= 11 is 1.40. The number of anilines is 1. The summed E-state index contributed by atoms with van der Waals surface area (Å²) in [6.07, 6.45) is 1.05. The minimum atomic E-state index is -0.442. The van der Waals surface area contributed by atoms with Crippen LogP contribution in [-0.2, 0) is 11.3 Å². The van der Waals surface area contributed by atoms with E-state index in [1.165, 1.54) is 11.3 Å². The van der Waals surface area contributed by atoms with Crippen LogP contribution in [0.4, 0.5) is 5.13 Å². The number of thiazole rings is 1. The minimum Gasteiger partial charge on any atom is -0.456 e. The number of esters is 1. The Balaban J connectivity index is 1.83. The fourth-order valence-corrected chi connectivity index (χ4v) is 2.52. The highest BCUT2D eigenvalue weighted by molar-refractivity contribution is 7.13. The molecule has 1 aromatic heterocycles. The first-order chi connectivity index (χ1) is 11.1. The van der Waals surface area contributed by atoms with E-state index in [1.807, 2.05) is 6.07 Å². The summed E-state index contributed by atoms with van der Waals surface area (Å²) in [5, 5.41) is 14.4. The van der Waals surface area contributed by atoms with Crippen molar-refractivity contribution in [2.24, 2.45) is 5.92 Å². The van der Waals surface area contributed by atoms with Gasteiger partial charge >= 0.3 is 5.97 Å². The van der Waals surface area contributed by atoms with Crippen molar-refractivity contribution in [3.05, 3.63) is 46.5 Å². The number of hydrogen-bond acceptors (Lipinski definition) is 6. The molecule has 5 nitrogen and oxygen atoms in total. The largest absolute Gasteiger partial charge is 0.456 e. The average molecular weight is 329 g/mol. The number of carbonyl (C=O) groups excluding carboxylic acids is 1. The van der Waals surface area contributed by atoms with Crippen molar-refractivity contribution < 1.29 is 9.53 Å². The molecular formula is C17H19N3O2S. The molecule has 0 saturated carbocycles. The second-order valence-electron chi connectivity index (χ2n) is 5.53. The first-order valence-electron chi connectivity index (χ1n) is 7.44. The van der Waals surface area contributed by atoms with Gasteiger partial charge in [0.05, 0.1) is 11.6 Å². The summed E-state index contributed by atoms with van der Waals surface area (Å²) in [5.74, 6) is 0.182. The zero-order chi connectivity index (χ0) is 16.7. The molecular weight excluding hydrogens is 310 g/mol. The van der Waals surface area contributed by atoms with E-state index in [0.29, 0.717) is 17.2 Å². The lowest BCUT2D eigenvalue weighted by Crippen LogP contribution is -2.07. The maximum absolute atomic E-state index is 12.0. The van der Waals surface area contributed by atoms with Gasteiger partial charge in [0.25, 0.3) is 0 Å². The first-order valence-corrected chi connectivity index (χ1v) is 8.32. The van der Waals surface area contributed by atoms with Gasteiger partial charge in [-0.2, -0.15) is 5.26 Å². The van der Waals surface area contributed by atoms with Crippen LogP contribution in [0.15, 0.2) is 29.6 Å². The van der Waals surface area contributed by atoms with Crippen molar-refractivity contribution in [2.45, 2.75) is 26.9 Å². The van der Waals surface area contributed by atoms with Crippen molar-refractivity contribution >= 4 is 22.4 Å². The van der Waals surface area contributed by atoms with Gasteiger partial charge in [-0.15, -0.1) is 11.3 Å². The third-order valence-corrected chi connectivity index (χ3v) is 3.96. The van der Waals surface area contributed by atoms with Crippen LogP contribution in [0.3, 0.4) is 0 Å². The normalized spacial score (nSPS) is 10.3. The predicted molar refractivity (Wildman–Crippen MR) is 90.3 cm³/mol. The molecule has 0 bridgehead atoms. The highest BCUT2D eigenvalue weighted by Crippen LogP contribution is 2.17. The van der Waals surface area contributed by atoms with E-state index in [4.69, 9.17) is 10.00 Å². The third kappa shape index (κ3) is 5.38. The predicted octanol–water partition coefficient (Wildman–Crippen LogP) is 3.83. The third-order valence-electron chi connectivity index (χ3n) is 3.16. The van der Waals surface area contributed by atoms with Crippen LogP contribution in [0.25, 0.3) is 0 Å². The fraction of sp³-hybridized carbons (Fsp3) is 0.353. The smallest absolute Gasteiger partial charge is 0.358 e. The lowest BCUT2D eigenvalue weighted by Gasteiger charge is -2.05. The second kappa shape index (κ2) is 8.30. The standard InChI is InChI=1S/C17H19N3O2S/c1-12(2)7-8-19-17-20-15(11-23-17)16(21)22-10-14-5-3-13(9-18)4-6-14/h3-6,11-12H,7-8,10H2,1-2H3,(H,19,20). The van der Waals surface area contributed by atoms with Crippen molar-refractivity contribution in [1.29, 1.82) is 5.26 Å². The molecule has 1 heterocycles. The Morgan fingerprint density at radius 1 is 1.39 bits per heavy atom. The van der Waals surface area contributed by atoms with Gasteiger partial charge in [0, 0.05) is 11.9 Å². The van der Waals surface area contributed by atoms with Gasteiger partial charge in [0.1, 0.15) is 6.61 Å². The molecule has 1 aromatic carbocycles. The lowest BCUT2D eigenvalue weighted by molar-refractivity contribution is 0.0467. The molecule has 0 fully saturated rings. The van der Waals surface area contributed by atoms with Crippen molar-refractivity contribution in [3.63, 3.8) is 0 Å². The molecule has 23 heavy (non-hydrogen) atoms. The van der Waals surface area contributed by atoms with Gasteiger partial charge in [-0.3, -0.25) is 0 Å². The van der Waals surface area contributed by atoms with Gasteiger partial charge in [0.15, 0.2) is 10.8 Å². The van der Waals surface area contributed by atoms with Crippen LogP contribution in [0, 0.1) is 17.2 Å². The van der Waals surface area contributed by atoms with E-state index in [1.54, 1.807) is 29.6 Å². The molecule has 0 radical (unpaired) electrons. The number of nitriles is 1. The lowest BCUT2D eigenvalue weighted by atomic mass is 10.1. The quantitative estimate of drug-likeness (QED) is 0.781. The Hall–Kier alpha value is -2.39. The van der Waals surface area contributed by atoms with E-state index in [0.717, 1.165) is 23.7 Å². The molecule has 1 N–H and O–H groups in total. The fourth-order valence-electron chi connectivity index (χ4n) is 1.81. The summed E-state index contributed by atoms with van der Waals surface area (Å²) in [6, 6.07) is 8.98. The SMILES string of the molecule is CC(C)CCNc1nc(C(=O)OCc2ccc(C#N)cc2)cs1. The van der Waals surface area contributed by atoms with Crippen molar-refractivity contribution in [3.8, 4) is 6.07 Å². The molecule has 0 saturated heterocycles. The van der Waals surface area contributed by atoms with Crippen LogP contribution in [0.5, 0.6) is 0 Å².